The van der Waals surface area contributed by atoms with Gasteiger partial charge in [-0.3, -0.25) is 0 Å². The highest BCUT2D eigenvalue weighted by molar-refractivity contribution is 6.65. The van der Waals surface area contributed by atoms with Gasteiger partial charge in [-0.15, -0.1) is 0 Å². The molecule has 0 fully saturated rings. The van der Waals surface area contributed by atoms with Gasteiger partial charge in [-0.2, -0.15) is 0 Å². The van der Waals surface area contributed by atoms with Gasteiger partial charge in [0.15, 0.2) is 0 Å². The third-order valence-electron chi connectivity index (χ3n) is 2.25. The lowest BCUT2D eigenvalue weighted by Gasteiger charge is -2.04. The zero-order valence-corrected chi connectivity index (χ0v) is 10.0. The highest BCUT2D eigenvalue weighted by atomic mass is 35.5. The Morgan fingerprint density at radius 2 is 0.875 bits per heavy atom. The van der Waals surface area contributed by atoms with E-state index in [-0.39, 0.29) is 0 Å². The van der Waals surface area contributed by atoms with Crippen molar-refractivity contribution in [3.63, 3.8) is 0 Å². The van der Waals surface area contributed by atoms with E-state index in [4.69, 9.17) is 23.2 Å². The first kappa shape index (κ1) is 11.3. The van der Waals surface area contributed by atoms with Crippen LogP contribution in [-0.2, 0) is 0 Å². The molecular weight excluding hydrogens is 239 g/mol. The Kier molecular flexibility index (Phi) is 3.66. The zero-order chi connectivity index (χ0) is 11.4. The van der Waals surface area contributed by atoms with E-state index in [0.717, 1.165) is 11.1 Å². The minimum absolute atomic E-state index is 0.577. The van der Waals surface area contributed by atoms with E-state index in [1.54, 1.807) is 0 Å². The third-order valence-corrected chi connectivity index (χ3v) is 3.16. The molecule has 0 saturated carbocycles. The molecule has 80 valence electrons. The summed E-state index contributed by atoms with van der Waals surface area (Å²) in [6.07, 6.45) is 0. The van der Waals surface area contributed by atoms with Crippen LogP contribution in [0.15, 0.2) is 60.7 Å². The summed E-state index contributed by atoms with van der Waals surface area (Å²) in [5, 5.41) is 1.15. The summed E-state index contributed by atoms with van der Waals surface area (Å²) >= 11 is 12.5. The number of benzene rings is 2. The fraction of sp³-hybridized carbons (Fsp3) is 0. The summed E-state index contributed by atoms with van der Waals surface area (Å²) in [7, 11) is 0. The van der Waals surface area contributed by atoms with Gasteiger partial charge in [-0.05, 0) is 11.1 Å². The van der Waals surface area contributed by atoms with E-state index in [1.807, 2.05) is 60.7 Å². The molecule has 0 aliphatic rings. The van der Waals surface area contributed by atoms with E-state index in [0.29, 0.717) is 10.1 Å². The molecule has 0 aliphatic heterocycles. The average Bonchev–Trinajstić information content (AvgIpc) is 2.39. The van der Waals surface area contributed by atoms with Crippen LogP contribution in [0, 0.1) is 0 Å². The van der Waals surface area contributed by atoms with Gasteiger partial charge in [0.25, 0.3) is 0 Å². The van der Waals surface area contributed by atoms with Crippen molar-refractivity contribution in [3.05, 3.63) is 71.8 Å². The van der Waals surface area contributed by atoms with Gasteiger partial charge in [0.2, 0.25) is 0 Å². The first-order valence-corrected chi connectivity index (χ1v) is 5.71. The second-order valence-corrected chi connectivity index (χ2v) is 4.12. The summed E-state index contributed by atoms with van der Waals surface area (Å²) in [4.78, 5) is 0. The molecule has 0 spiro atoms. The molecule has 0 atom stereocenters. The van der Waals surface area contributed by atoms with Gasteiger partial charge in [0.1, 0.15) is 0 Å². The van der Waals surface area contributed by atoms with Crippen molar-refractivity contribution in [2.75, 3.05) is 0 Å². The van der Waals surface area contributed by atoms with Crippen LogP contribution < -0.4 is 0 Å². The first-order valence-electron chi connectivity index (χ1n) is 4.95. The molecule has 0 unspecified atom stereocenters. The summed E-state index contributed by atoms with van der Waals surface area (Å²) in [5.74, 6) is 0. The molecule has 0 heterocycles. The SMILES string of the molecule is Cl/C(=C(\Cl)c1ccccc1)c1ccccc1. The minimum Gasteiger partial charge on any atom is -0.0820 e. The van der Waals surface area contributed by atoms with Gasteiger partial charge in [0, 0.05) is 0 Å². The van der Waals surface area contributed by atoms with Gasteiger partial charge >= 0.3 is 0 Å². The van der Waals surface area contributed by atoms with Crippen LogP contribution in [0.5, 0.6) is 0 Å². The second kappa shape index (κ2) is 5.20. The quantitative estimate of drug-likeness (QED) is 0.657. The van der Waals surface area contributed by atoms with E-state index in [2.05, 4.69) is 0 Å². The molecule has 0 radical (unpaired) electrons. The molecule has 0 N–H and O–H groups in total. The topological polar surface area (TPSA) is 0 Å². The van der Waals surface area contributed by atoms with E-state index >= 15 is 0 Å². The molecule has 0 nitrogen and oxygen atoms in total. The van der Waals surface area contributed by atoms with Gasteiger partial charge in [0.05, 0.1) is 10.1 Å². The number of halogens is 2. The van der Waals surface area contributed by atoms with Gasteiger partial charge < -0.3 is 0 Å². The molecular formula is C14H10Cl2. The maximum Gasteiger partial charge on any atom is 0.0670 e. The Labute approximate surface area is 105 Å². The van der Waals surface area contributed by atoms with Crippen LogP contribution in [0.25, 0.3) is 10.1 Å². The second-order valence-electron chi connectivity index (χ2n) is 3.36. The van der Waals surface area contributed by atoms with E-state index < -0.39 is 0 Å². The minimum atomic E-state index is 0.577. The maximum atomic E-state index is 6.24. The lowest BCUT2D eigenvalue weighted by molar-refractivity contribution is 1.63. The predicted octanol–water partition coefficient (Wildman–Crippen LogP) is 4.99. The fourth-order valence-electron chi connectivity index (χ4n) is 1.42. The summed E-state index contributed by atoms with van der Waals surface area (Å²) in [5.41, 5.74) is 1.86. The molecule has 0 saturated heterocycles. The lowest BCUT2D eigenvalue weighted by Crippen LogP contribution is -1.81. The number of hydrogen-bond acceptors (Lipinski definition) is 0. The summed E-state index contributed by atoms with van der Waals surface area (Å²) in [6, 6.07) is 19.4. The Morgan fingerprint density at radius 1 is 0.562 bits per heavy atom. The molecule has 2 rings (SSSR count). The van der Waals surface area contributed by atoms with Crippen molar-refractivity contribution in [2.45, 2.75) is 0 Å². The Hall–Kier alpha value is -1.24. The molecule has 0 amide bonds. The monoisotopic (exact) mass is 248 g/mol. The van der Waals surface area contributed by atoms with Crippen LogP contribution in [0.3, 0.4) is 0 Å². The van der Waals surface area contributed by atoms with Crippen molar-refractivity contribution in [1.82, 2.24) is 0 Å². The standard InChI is InChI=1S/C14H10Cl2/c15-13(11-7-3-1-4-8-11)14(16)12-9-5-2-6-10-12/h1-10H/b14-13-. The third kappa shape index (κ3) is 2.46. The van der Waals surface area contributed by atoms with Crippen molar-refractivity contribution in [2.24, 2.45) is 0 Å². The lowest BCUT2D eigenvalue weighted by atomic mass is 10.1. The summed E-state index contributed by atoms with van der Waals surface area (Å²) < 4.78 is 0. The number of hydrogen-bond donors (Lipinski definition) is 0. The molecule has 0 bridgehead atoms. The maximum absolute atomic E-state index is 6.24. The average molecular weight is 249 g/mol. The Balaban J connectivity index is 2.43. The zero-order valence-electron chi connectivity index (χ0n) is 8.53. The van der Waals surface area contributed by atoms with Gasteiger partial charge in [-0.25, -0.2) is 0 Å². The van der Waals surface area contributed by atoms with Crippen molar-refractivity contribution < 1.29 is 0 Å². The normalized spacial score (nSPS) is 12.1. The highest BCUT2D eigenvalue weighted by Gasteiger charge is 2.06. The summed E-state index contributed by atoms with van der Waals surface area (Å²) in [6.45, 7) is 0. The van der Waals surface area contributed by atoms with Crippen molar-refractivity contribution in [3.8, 4) is 0 Å². The van der Waals surface area contributed by atoms with Crippen molar-refractivity contribution >= 4 is 33.3 Å². The highest BCUT2D eigenvalue weighted by Crippen LogP contribution is 2.32. The van der Waals surface area contributed by atoms with Crippen LogP contribution in [0.1, 0.15) is 11.1 Å². The molecule has 0 aromatic heterocycles. The molecule has 2 aromatic carbocycles. The smallest absolute Gasteiger partial charge is 0.0670 e. The Bertz CT molecular complexity index is 439. The molecule has 2 heteroatoms. The van der Waals surface area contributed by atoms with Crippen LogP contribution in [0.4, 0.5) is 0 Å². The van der Waals surface area contributed by atoms with Crippen LogP contribution >= 0.6 is 23.2 Å². The van der Waals surface area contributed by atoms with Crippen LogP contribution in [0.2, 0.25) is 0 Å². The van der Waals surface area contributed by atoms with Gasteiger partial charge in [-0.1, -0.05) is 83.9 Å². The Morgan fingerprint density at radius 3 is 1.19 bits per heavy atom. The van der Waals surface area contributed by atoms with Crippen LogP contribution in [-0.4, -0.2) is 0 Å². The van der Waals surface area contributed by atoms with E-state index in [9.17, 15) is 0 Å². The predicted molar refractivity (Wildman–Crippen MR) is 71.4 cm³/mol. The number of rotatable bonds is 2. The molecule has 0 aliphatic carbocycles. The van der Waals surface area contributed by atoms with E-state index in [1.165, 1.54) is 0 Å². The first-order chi connectivity index (χ1) is 7.79. The van der Waals surface area contributed by atoms with Crippen molar-refractivity contribution in [1.29, 1.82) is 0 Å². The fourth-order valence-corrected chi connectivity index (χ4v) is 1.89. The molecule has 16 heavy (non-hydrogen) atoms. The molecule has 2 aromatic rings. The largest absolute Gasteiger partial charge is 0.0820 e.